The molecule has 4 rings (SSSR count). The number of hydrogen-bond donors (Lipinski definition) is 2. The van der Waals surface area contributed by atoms with Crippen LogP contribution in [-0.4, -0.2) is 35.2 Å². The van der Waals surface area contributed by atoms with E-state index in [0.29, 0.717) is 37.2 Å². The maximum absolute atomic E-state index is 12.6. The first-order valence-corrected chi connectivity index (χ1v) is 13.0. The van der Waals surface area contributed by atoms with Crippen LogP contribution in [0.2, 0.25) is 0 Å². The van der Waals surface area contributed by atoms with Crippen LogP contribution < -0.4 is 5.73 Å². The lowest BCUT2D eigenvalue weighted by molar-refractivity contribution is -0.128. The number of fused-ring (bicyclic) bond motifs is 5. The van der Waals surface area contributed by atoms with Crippen molar-refractivity contribution in [3.8, 4) is 0 Å². The highest BCUT2D eigenvalue weighted by Gasteiger charge is 2.59. The number of aliphatic hydroxyl groups excluding tert-OH is 1. The van der Waals surface area contributed by atoms with Gasteiger partial charge in [0.05, 0.1) is 24.4 Å². The van der Waals surface area contributed by atoms with Crippen molar-refractivity contribution >= 4 is 5.78 Å². The molecule has 0 bridgehead atoms. The summed E-state index contributed by atoms with van der Waals surface area (Å²) >= 11 is 0. The molecule has 176 valence electrons. The molecule has 31 heavy (non-hydrogen) atoms. The van der Waals surface area contributed by atoms with Crippen LogP contribution in [0.5, 0.6) is 0 Å². The Kier molecular flexibility index (Phi) is 6.48. The van der Waals surface area contributed by atoms with E-state index >= 15 is 0 Å². The molecular weight excluding hydrogens is 386 g/mol. The number of hydrogen-bond acceptors (Lipinski definition) is 4. The molecule has 0 saturated heterocycles. The standard InChI is InChI=1S/C27H45NO3/c1-5-27(28,6-2)23(30)13-16-31-24-10-9-21-20-8-7-18-17-19(29)11-14-25(18,3)22(20)12-15-26(21,24)4/h7,19-22,24,29H,5-6,8-17,28H2,1-4H3/t19-,20?,21?,22?,24-,25-,26-/m1/s1. The molecule has 4 nitrogen and oxygen atoms in total. The Bertz CT molecular complexity index is 713. The van der Waals surface area contributed by atoms with Crippen molar-refractivity contribution in [1.29, 1.82) is 0 Å². The normalized spacial score (nSPS) is 42.4. The minimum Gasteiger partial charge on any atom is -0.393 e. The van der Waals surface area contributed by atoms with Gasteiger partial charge >= 0.3 is 0 Å². The van der Waals surface area contributed by atoms with Gasteiger partial charge in [-0.25, -0.2) is 0 Å². The van der Waals surface area contributed by atoms with Gasteiger partial charge in [0.1, 0.15) is 0 Å². The van der Waals surface area contributed by atoms with Gasteiger partial charge in [-0.05, 0) is 92.8 Å². The predicted octanol–water partition coefficient (Wildman–Crippen LogP) is 5.17. The molecule has 3 fully saturated rings. The zero-order valence-electron chi connectivity index (χ0n) is 20.3. The van der Waals surface area contributed by atoms with Crippen molar-refractivity contribution in [2.24, 2.45) is 34.3 Å². The second-order valence-electron chi connectivity index (χ2n) is 11.7. The van der Waals surface area contributed by atoms with Gasteiger partial charge in [0.2, 0.25) is 0 Å². The monoisotopic (exact) mass is 431 g/mol. The highest BCUT2D eigenvalue weighted by atomic mass is 16.5. The third kappa shape index (κ3) is 3.85. The molecule has 0 heterocycles. The predicted molar refractivity (Wildman–Crippen MR) is 125 cm³/mol. The molecule has 4 aliphatic rings. The number of aliphatic hydroxyl groups is 1. The van der Waals surface area contributed by atoms with E-state index in [-0.39, 0.29) is 23.4 Å². The van der Waals surface area contributed by atoms with Crippen molar-refractivity contribution in [2.45, 2.75) is 116 Å². The summed E-state index contributed by atoms with van der Waals surface area (Å²) in [6.07, 6.45) is 13.5. The lowest BCUT2D eigenvalue weighted by Crippen LogP contribution is -2.51. The Hall–Kier alpha value is -0.710. The highest BCUT2D eigenvalue weighted by molar-refractivity contribution is 5.88. The van der Waals surface area contributed by atoms with Crippen LogP contribution in [0.25, 0.3) is 0 Å². The third-order valence-corrected chi connectivity index (χ3v) is 10.5. The van der Waals surface area contributed by atoms with E-state index in [4.69, 9.17) is 10.5 Å². The molecular formula is C27H45NO3. The van der Waals surface area contributed by atoms with Crippen LogP contribution in [0, 0.1) is 28.6 Å². The lowest BCUT2D eigenvalue weighted by atomic mass is 9.48. The summed E-state index contributed by atoms with van der Waals surface area (Å²) in [6, 6.07) is 0. The van der Waals surface area contributed by atoms with E-state index in [1.807, 2.05) is 13.8 Å². The molecule has 3 unspecified atom stereocenters. The number of ketones is 1. The quantitative estimate of drug-likeness (QED) is 0.545. The molecule has 0 aromatic rings. The molecule has 0 radical (unpaired) electrons. The average Bonchev–Trinajstić information content (AvgIpc) is 3.10. The first-order valence-electron chi connectivity index (χ1n) is 13.0. The smallest absolute Gasteiger partial charge is 0.154 e. The van der Waals surface area contributed by atoms with Gasteiger partial charge < -0.3 is 15.6 Å². The summed E-state index contributed by atoms with van der Waals surface area (Å²) in [5.74, 6) is 2.37. The van der Waals surface area contributed by atoms with Crippen LogP contribution >= 0.6 is 0 Å². The fraction of sp³-hybridized carbons (Fsp3) is 0.889. The number of ether oxygens (including phenoxy) is 1. The molecule has 4 heteroatoms. The van der Waals surface area contributed by atoms with Crippen molar-refractivity contribution in [3.05, 3.63) is 11.6 Å². The number of Topliss-reactive ketones (excluding diaryl/α,β-unsaturated/α-hetero) is 1. The van der Waals surface area contributed by atoms with Gasteiger partial charge in [0.15, 0.2) is 5.78 Å². The summed E-state index contributed by atoms with van der Waals surface area (Å²) in [5, 5.41) is 10.2. The van der Waals surface area contributed by atoms with Gasteiger partial charge in [-0.15, -0.1) is 0 Å². The zero-order chi connectivity index (χ0) is 22.4. The molecule has 3 saturated carbocycles. The summed E-state index contributed by atoms with van der Waals surface area (Å²) in [5.41, 5.74) is 7.67. The van der Waals surface area contributed by atoms with Crippen LogP contribution in [0.3, 0.4) is 0 Å². The lowest BCUT2D eigenvalue weighted by Gasteiger charge is -2.57. The summed E-state index contributed by atoms with van der Waals surface area (Å²) in [6.45, 7) is 9.46. The first-order chi connectivity index (χ1) is 14.7. The maximum atomic E-state index is 12.6. The number of nitrogens with two attached hydrogens (primary N) is 1. The Morgan fingerprint density at radius 1 is 1.16 bits per heavy atom. The van der Waals surface area contributed by atoms with Crippen LogP contribution in [0.1, 0.15) is 98.3 Å². The molecule has 0 aromatic heterocycles. The van der Waals surface area contributed by atoms with Crippen LogP contribution in [0.15, 0.2) is 11.6 Å². The Morgan fingerprint density at radius 2 is 1.90 bits per heavy atom. The summed E-state index contributed by atoms with van der Waals surface area (Å²) in [4.78, 5) is 12.6. The molecule has 7 atom stereocenters. The van der Waals surface area contributed by atoms with Gasteiger partial charge in [0, 0.05) is 6.42 Å². The SMILES string of the molecule is CCC(N)(CC)C(=O)CCO[C@@H]1CCC2C3CC=C4C[C@H](O)CC[C@@]4(C)C3CC[C@]21C. The van der Waals surface area contributed by atoms with E-state index in [2.05, 4.69) is 19.9 Å². The van der Waals surface area contributed by atoms with E-state index in [0.717, 1.165) is 37.5 Å². The van der Waals surface area contributed by atoms with E-state index < -0.39 is 5.54 Å². The van der Waals surface area contributed by atoms with Crippen LogP contribution in [-0.2, 0) is 9.53 Å². The fourth-order valence-corrected chi connectivity index (χ4v) is 8.05. The number of carbonyl (C=O) groups excluding carboxylic acids is 1. The Balaban J connectivity index is 1.41. The number of allylic oxidation sites excluding steroid dienone is 1. The van der Waals surface area contributed by atoms with Crippen molar-refractivity contribution in [1.82, 2.24) is 0 Å². The topological polar surface area (TPSA) is 72.6 Å². The zero-order valence-corrected chi connectivity index (χ0v) is 20.3. The molecule has 0 amide bonds. The van der Waals surface area contributed by atoms with Gasteiger partial charge in [-0.1, -0.05) is 39.3 Å². The Morgan fingerprint density at radius 3 is 2.61 bits per heavy atom. The minimum atomic E-state index is -0.682. The summed E-state index contributed by atoms with van der Waals surface area (Å²) in [7, 11) is 0. The second-order valence-corrected chi connectivity index (χ2v) is 11.7. The largest absolute Gasteiger partial charge is 0.393 e. The Labute approximate surface area is 189 Å². The molecule has 0 aromatic carbocycles. The second kappa shape index (κ2) is 8.57. The summed E-state index contributed by atoms with van der Waals surface area (Å²) < 4.78 is 6.43. The fourth-order valence-electron chi connectivity index (χ4n) is 8.05. The maximum Gasteiger partial charge on any atom is 0.154 e. The van der Waals surface area contributed by atoms with Crippen molar-refractivity contribution in [2.75, 3.05) is 6.61 Å². The number of carbonyl (C=O) groups is 1. The van der Waals surface area contributed by atoms with E-state index in [1.54, 1.807) is 0 Å². The molecule has 0 aliphatic heterocycles. The average molecular weight is 432 g/mol. The van der Waals surface area contributed by atoms with Crippen molar-refractivity contribution in [3.63, 3.8) is 0 Å². The third-order valence-electron chi connectivity index (χ3n) is 10.5. The number of rotatable bonds is 7. The van der Waals surface area contributed by atoms with Gasteiger partial charge in [0.25, 0.3) is 0 Å². The highest BCUT2D eigenvalue weighted by Crippen LogP contribution is 2.65. The molecule has 4 aliphatic carbocycles. The van der Waals surface area contributed by atoms with Crippen molar-refractivity contribution < 1.29 is 14.6 Å². The first kappa shape index (κ1) is 23.4. The van der Waals surface area contributed by atoms with E-state index in [1.165, 1.54) is 31.3 Å². The van der Waals surface area contributed by atoms with E-state index in [9.17, 15) is 9.90 Å². The molecule has 0 spiro atoms. The van der Waals surface area contributed by atoms with Crippen LogP contribution in [0.4, 0.5) is 0 Å². The van der Waals surface area contributed by atoms with Gasteiger partial charge in [-0.3, -0.25) is 4.79 Å². The molecule has 3 N–H and O–H groups in total. The minimum absolute atomic E-state index is 0.135. The van der Waals surface area contributed by atoms with Gasteiger partial charge in [-0.2, -0.15) is 0 Å².